The normalized spacial score (nSPS) is 12.6. The molecule has 4 heteroatoms. The van der Waals surface area contributed by atoms with E-state index in [0.717, 1.165) is 5.56 Å². The third-order valence-electron chi connectivity index (χ3n) is 2.69. The van der Waals surface area contributed by atoms with Gasteiger partial charge in [0.1, 0.15) is 0 Å². The second kappa shape index (κ2) is 6.03. The molecule has 1 atom stereocenters. The van der Waals surface area contributed by atoms with E-state index in [9.17, 15) is 4.79 Å². The first kappa shape index (κ1) is 14.0. The van der Waals surface area contributed by atoms with Gasteiger partial charge >= 0.3 is 0 Å². The van der Waals surface area contributed by atoms with Gasteiger partial charge in [0.25, 0.3) is 5.91 Å². The predicted octanol–water partition coefficient (Wildman–Crippen LogP) is 2.40. The fourth-order valence-electron chi connectivity index (χ4n) is 1.47. The zero-order valence-corrected chi connectivity index (χ0v) is 11.1. The van der Waals surface area contributed by atoms with E-state index >= 15 is 0 Å². The van der Waals surface area contributed by atoms with Crippen LogP contribution in [0.4, 0.5) is 0 Å². The van der Waals surface area contributed by atoms with Crippen LogP contribution >= 0.6 is 11.6 Å². The maximum atomic E-state index is 11.9. The lowest BCUT2D eigenvalue weighted by molar-refractivity contribution is 0.0897. The minimum atomic E-state index is -0.250. The summed E-state index contributed by atoms with van der Waals surface area (Å²) >= 11 is 6.01. The molecule has 0 radical (unpaired) electrons. The highest BCUT2D eigenvalue weighted by atomic mass is 35.5. The lowest BCUT2D eigenvalue weighted by Gasteiger charge is -2.20. The molecule has 3 nitrogen and oxygen atoms in total. The lowest BCUT2D eigenvalue weighted by atomic mass is 10.0. The molecule has 0 fully saturated rings. The van der Waals surface area contributed by atoms with Gasteiger partial charge in [0, 0.05) is 0 Å². The van der Waals surface area contributed by atoms with Crippen LogP contribution in [0.5, 0.6) is 0 Å². The Morgan fingerprint density at radius 1 is 1.47 bits per heavy atom. The second-order valence-corrected chi connectivity index (χ2v) is 4.90. The number of halogens is 1. The smallest absolute Gasteiger partial charge is 0.253 e. The molecule has 94 valence electrons. The average Bonchev–Trinajstić information content (AvgIpc) is 2.24. The Bertz CT molecular complexity index is 404. The second-order valence-electron chi connectivity index (χ2n) is 4.49. The third kappa shape index (κ3) is 3.72. The number of aryl methyl sites for hydroxylation is 1. The van der Waals surface area contributed by atoms with Crippen LogP contribution in [-0.2, 0) is 0 Å². The Morgan fingerprint density at radius 3 is 2.59 bits per heavy atom. The van der Waals surface area contributed by atoms with E-state index in [1.165, 1.54) is 0 Å². The standard InChI is InChI=1S/C13H18ClNO2/c1-8(2)12(7-16)15-13(17)10-5-4-9(3)6-11(10)14/h4-6,8,12,16H,7H2,1-3H3,(H,15,17). The first-order valence-electron chi connectivity index (χ1n) is 5.63. The van der Waals surface area contributed by atoms with Crippen molar-refractivity contribution in [1.29, 1.82) is 0 Å². The molecule has 0 spiro atoms. The van der Waals surface area contributed by atoms with Gasteiger partial charge in [-0.25, -0.2) is 0 Å². The van der Waals surface area contributed by atoms with Crippen molar-refractivity contribution in [3.8, 4) is 0 Å². The SMILES string of the molecule is Cc1ccc(C(=O)NC(CO)C(C)C)c(Cl)c1. The van der Waals surface area contributed by atoms with Crippen LogP contribution in [0, 0.1) is 12.8 Å². The largest absolute Gasteiger partial charge is 0.394 e. The number of aliphatic hydroxyl groups is 1. The van der Waals surface area contributed by atoms with Crippen molar-refractivity contribution in [3.63, 3.8) is 0 Å². The van der Waals surface area contributed by atoms with Gasteiger partial charge in [-0.3, -0.25) is 4.79 Å². The molecule has 0 aromatic heterocycles. The number of carbonyl (C=O) groups is 1. The maximum absolute atomic E-state index is 11.9. The van der Waals surface area contributed by atoms with Gasteiger partial charge in [0.15, 0.2) is 0 Å². The van der Waals surface area contributed by atoms with Gasteiger partial charge in [0.05, 0.1) is 23.2 Å². The maximum Gasteiger partial charge on any atom is 0.253 e. The van der Waals surface area contributed by atoms with Gasteiger partial charge < -0.3 is 10.4 Å². The highest BCUT2D eigenvalue weighted by Gasteiger charge is 2.17. The van der Waals surface area contributed by atoms with Gasteiger partial charge in [-0.15, -0.1) is 0 Å². The summed E-state index contributed by atoms with van der Waals surface area (Å²) in [5, 5.41) is 12.4. The summed E-state index contributed by atoms with van der Waals surface area (Å²) in [5.74, 6) is -0.0732. The van der Waals surface area contributed by atoms with E-state index in [-0.39, 0.29) is 24.5 Å². The van der Waals surface area contributed by atoms with Crippen LogP contribution in [0.3, 0.4) is 0 Å². The summed E-state index contributed by atoms with van der Waals surface area (Å²) in [7, 11) is 0. The van der Waals surface area contributed by atoms with Crippen LogP contribution in [0.2, 0.25) is 5.02 Å². The Balaban J connectivity index is 2.82. The summed E-state index contributed by atoms with van der Waals surface area (Å²) in [6.07, 6.45) is 0. The Morgan fingerprint density at radius 2 is 2.12 bits per heavy atom. The molecule has 0 aliphatic heterocycles. The van der Waals surface area contributed by atoms with E-state index in [2.05, 4.69) is 5.32 Å². The van der Waals surface area contributed by atoms with E-state index in [0.29, 0.717) is 10.6 Å². The third-order valence-corrected chi connectivity index (χ3v) is 3.00. The van der Waals surface area contributed by atoms with E-state index in [1.807, 2.05) is 26.8 Å². The van der Waals surface area contributed by atoms with Crippen molar-refractivity contribution in [1.82, 2.24) is 5.32 Å². The fraction of sp³-hybridized carbons (Fsp3) is 0.462. The van der Waals surface area contributed by atoms with E-state index in [4.69, 9.17) is 16.7 Å². The number of amides is 1. The molecule has 0 heterocycles. The molecule has 2 N–H and O–H groups in total. The molecule has 1 aromatic rings. The molecule has 1 unspecified atom stereocenters. The summed E-state index contributed by atoms with van der Waals surface area (Å²) in [5.41, 5.74) is 1.45. The van der Waals surface area contributed by atoms with Crippen LogP contribution in [0.25, 0.3) is 0 Å². The molecule has 1 rings (SSSR count). The number of hydrogen-bond acceptors (Lipinski definition) is 2. The number of carbonyl (C=O) groups excluding carboxylic acids is 1. The molecule has 0 aliphatic rings. The van der Waals surface area contributed by atoms with Crippen molar-refractivity contribution in [3.05, 3.63) is 34.3 Å². The number of rotatable bonds is 4. The van der Waals surface area contributed by atoms with Crippen LogP contribution in [0.1, 0.15) is 29.8 Å². The summed E-state index contributed by atoms with van der Waals surface area (Å²) < 4.78 is 0. The molecule has 0 saturated carbocycles. The minimum Gasteiger partial charge on any atom is -0.394 e. The summed E-state index contributed by atoms with van der Waals surface area (Å²) in [6.45, 7) is 5.72. The number of hydrogen-bond donors (Lipinski definition) is 2. The Hall–Kier alpha value is -1.06. The molecule has 1 amide bonds. The zero-order valence-electron chi connectivity index (χ0n) is 10.3. The fourth-order valence-corrected chi connectivity index (χ4v) is 1.79. The van der Waals surface area contributed by atoms with Crippen molar-refractivity contribution < 1.29 is 9.90 Å². The Labute approximate surface area is 107 Å². The van der Waals surface area contributed by atoms with Gasteiger partial charge in [-0.1, -0.05) is 31.5 Å². The monoisotopic (exact) mass is 255 g/mol. The van der Waals surface area contributed by atoms with Crippen LogP contribution in [-0.4, -0.2) is 23.7 Å². The number of nitrogens with one attached hydrogen (secondary N) is 1. The van der Waals surface area contributed by atoms with Crippen molar-refractivity contribution in [2.75, 3.05) is 6.61 Å². The first-order valence-corrected chi connectivity index (χ1v) is 6.01. The van der Waals surface area contributed by atoms with Crippen molar-refractivity contribution in [2.45, 2.75) is 26.8 Å². The van der Waals surface area contributed by atoms with Crippen LogP contribution < -0.4 is 5.32 Å². The molecule has 0 bridgehead atoms. The van der Waals surface area contributed by atoms with Gasteiger partial charge in [0.2, 0.25) is 0 Å². The number of aliphatic hydroxyl groups excluding tert-OH is 1. The van der Waals surface area contributed by atoms with Crippen LogP contribution in [0.15, 0.2) is 18.2 Å². The topological polar surface area (TPSA) is 49.3 Å². The molecule has 0 saturated heterocycles. The minimum absolute atomic E-state index is 0.0765. The van der Waals surface area contributed by atoms with Crippen molar-refractivity contribution >= 4 is 17.5 Å². The molecule has 1 aromatic carbocycles. The molecule has 17 heavy (non-hydrogen) atoms. The van der Waals surface area contributed by atoms with Gasteiger partial charge in [-0.2, -0.15) is 0 Å². The molecular weight excluding hydrogens is 238 g/mol. The summed E-state index contributed by atoms with van der Waals surface area (Å²) in [6, 6.07) is 5.03. The van der Waals surface area contributed by atoms with Crippen molar-refractivity contribution in [2.24, 2.45) is 5.92 Å². The summed E-state index contributed by atoms with van der Waals surface area (Å²) in [4.78, 5) is 11.9. The van der Waals surface area contributed by atoms with Gasteiger partial charge in [-0.05, 0) is 30.5 Å². The Kier molecular flexibility index (Phi) is 4.97. The lowest BCUT2D eigenvalue weighted by Crippen LogP contribution is -2.41. The molecule has 0 aliphatic carbocycles. The van der Waals surface area contributed by atoms with E-state index < -0.39 is 0 Å². The highest BCUT2D eigenvalue weighted by Crippen LogP contribution is 2.17. The zero-order chi connectivity index (χ0) is 13.0. The number of benzene rings is 1. The van der Waals surface area contributed by atoms with E-state index in [1.54, 1.807) is 12.1 Å². The quantitative estimate of drug-likeness (QED) is 0.868. The highest BCUT2D eigenvalue weighted by molar-refractivity contribution is 6.33. The first-order chi connectivity index (χ1) is 7.95. The predicted molar refractivity (Wildman–Crippen MR) is 69.4 cm³/mol. The molecular formula is C13H18ClNO2. The average molecular weight is 256 g/mol.